The van der Waals surface area contributed by atoms with Gasteiger partial charge in [0.1, 0.15) is 0 Å². The molecule has 28 heavy (non-hydrogen) atoms. The molecule has 146 valence electrons. The van der Waals surface area contributed by atoms with Crippen molar-refractivity contribution >= 4 is 23.4 Å². The number of likely N-dealkylation sites (tertiary alicyclic amines) is 1. The van der Waals surface area contributed by atoms with Gasteiger partial charge >= 0.3 is 0 Å². The zero-order chi connectivity index (χ0) is 19.9. The third-order valence-corrected chi connectivity index (χ3v) is 4.84. The first-order chi connectivity index (χ1) is 13.5. The predicted octanol–water partition coefficient (Wildman–Crippen LogP) is 2.99. The average molecular weight is 379 g/mol. The molecule has 1 aliphatic rings. The van der Waals surface area contributed by atoms with Crippen LogP contribution in [-0.2, 0) is 4.79 Å². The summed E-state index contributed by atoms with van der Waals surface area (Å²) in [6.07, 6.45) is 2.28. The van der Waals surface area contributed by atoms with E-state index in [9.17, 15) is 14.4 Å². The standard InChI is InChI=1S/C22H25N3O3/c1-16-6-2-3-7-19(16)21(27)23-13-12-20(26)24-18-10-8-17(9-11-18)22(28)25-14-4-5-15-25/h2-3,6-11H,4-5,12-15H2,1H3,(H,23,27)(H,24,26). The lowest BCUT2D eigenvalue weighted by Gasteiger charge is -2.15. The van der Waals surface area contributed by atoms with E-state index in [-0.39, 0.29) is 30.7 Å². The number of nitrogens with zero attached hydrogens (tertiary/aromatic N) is 1. The zero-order valence-corrected chi connectivity index (χ0v) is 16.0. The number of amides is 3. The van der Waals surface area contributed by atoms with E-state index < -0.39 is 0 Å². The maximum Gasteiger partial charge on any atom is 0.253 e. The molecule has 0 aliphatic carbocycles. The number of hydrogen-bond acceptors (Lipinski definition) is 3. The van der Waals surface area contributed by atoms with Gasteiger partial charge in [0.05, 0.1) is 0 Å². The summed E-state index contributed by atoms with van der Waals surface area (Å²) in [5.41, 5.74) is 2.77. The van der Waals surface area contributed by atoms with E-state index in [0.717, 1.165) is 31.5 Å². The molecule has 6 heteroatoms. The van der Waals surface area contributed by atoms with E-state index in [2.05, 4.69) is 10.6 Å². The third-order valence-electron chi connectivity index (χ3n) is 4.84. The number of carbonyl (C=O) groups excluding carboxylic acids is 3. The van der Waals surface area contributed by atoms with Crippen LogP contribution in [0.3, 0.4) is 0 Å². The number of nitrogens with one attached hydrogen (secondary N) is 2. The van der Waals surface area contributed by atoms with E-state index in [0.29, 0.717) is 16.8 Å². The number of aryl methyl sites for hydroxylation is 1. The number of hydrogen-bond donors (Lipinski definition) is 2. The van der Waals surface area contributed by atoms with Crippen molar-refractivity contribution in [3.05, 3.63) is 65.2 Å². The van der Waals surface area contributed by atoms with Crippen LogP contribution in [-0.4, -0.2) is 42.3 Å². The molecular formula is C22H25N3O3. The van der Waals surface area contributed by atoms with Crippen molar-refractivity contribution in [3.8, 4) is 0 Å². The van der Waals surface area contributed by atoms with Crippen LogP contribution >= 0.6 is 0 Å². The Labute approximate surface area is 164 Å². The van der Waals surface area contributed by atoms with Crippen LogP contribution in [0, 0.1) is 6.92 Å². The van der Waals surface area contributed by atoms with Crippen LogP contribution in [0.4, 0.5) is 5.69 Å². The summed E-state index contributed by atoms with van der Waals surface area (Å²) in [4.78, 5) is 38.4. The molecular weight excluding hydrogens is 354 g/mol. The Balaban J connectivity index is 1.45. The van der Waals surface area contributed by atoms with Gasteiger partial charge in [0.25, 0.3) is 11.8 Å². The van der Waals surface area contributed by atoms with Crippen molar-refractivity contribution in [2.24, 2.45) is 0 Å². The van der Waals surface area contributed by atoms with Gasteiger partial charge in [0.2, 0.25) is 5.91 Å². The van der Waals surface area contributed by atoms with Gasteiger partial charge < -0.3 is 15.5 Å². The molecule has 0 aromatic heterocycles. The van der Waals surface area contributed by atoms with Crippen molar-refractivity contribution in [3.63, 3.8) is 0 Å². The second-order valence-electron chi connectivity index (χ2n) is 6.95. The fourth-order valence-electron chi connectivity index (χ4n) is 3.23. The van der Waals surface area contributed by atoms with Gasteiger partial charge in [-0.3, -0.25) is 14.4 Å². The van der Waals surface area contributed by atoms with Crippen molar-refractivity contribution in [1.29, 1.82) is 0 Å². The Bertz CT molecular complexity index is 856. The maximum atomic E-state index is 12.3. The smallest absolute Gasteiger partial charge is 0.253 e. The van der Waals surface area contributed by atoms with Gasteiger partial charge in [-0.2, -0.15) is 0 Å². The highest BCUT2D eigenvalue weighted by molar-refractivity contribution is 5.97. The zero-order valence-electron chi connectivity index (χ0n) is 16.0. The fraction of sp³-hybridized carbons (Fsp3) is 0.318. The van der Waals surface area contributed by atoms with Crippen molar-refractivity contribution in [1.82, 2.24) is 10.2 Å². The molecule has 1 aliphatic heterocycles. The first kappa shape index (κ1) is 19.6. The third kappa shape index (κ3) is 4.97. The predicted molar refractivity (Wildman–Crippen MR) is 108 cm³/mol. The highest BCUT2D eigenvalue weighted by Gasteiger charge is 2.19. The molecule has 2 aromatic rings. The number of rotatable bonds is 6. The molecule has 1 fully saturated rings. The molecule has 3 rings (SSSR count). The Morgan fingerprint density at radius 3 is 2.32 bits per heavy atom. The molecule has 1 heterocycles. The number of carbonyl (C=O) groups is 3. The maximum absolute atomic E-state index is 12.3. The lowest BCUT2D eigenvalue weighted by Crippen LogP contribution is -2.28. The van der Waals surface area contributed by atoms with E-state index in [4.69, 9.17) is 0 Å². The Morgan fingerprint density at radius 1 is 0.964 bits per heavy atom. The minimum Gasteiger partial charge on any atom is -0.352 e. The van der Waals surface area contributed by atoms with Gasteiger partial charge in [-0.25, -0.2) is 0 Å². The molecule has 0 unspecified atom stereocenters. The summed E-state index contributed by atoms with van der Waals surface area (Å²) in [7, 11) is 0. The molecule has 0 saturated carbocycles. The van der Waals surface area contributed by atoms with E-state index in [1.165, 1.54) is 0 Å². The van der Waals surface area contributed by atoms with Gasteiger partial charge in [-0.1, -0.05) is 18.2 Å². The van der Waals surface area contributed by atoms with Crippen molar-refractivity contribution < 1.29 is 14.4 Å². The monoisotopic (exact) mass is 379 g/mol. The molecule has 3 amide bonds. The molecule has 0 atom stereocenters. The second kappa shape index (κ2) is 9.17. The highest BCUT2D eigenvalue weighted by Crippen LogP contribution is 2.15. The molecule has 2 N–H and O–H groups in total. The summed E-state index contributed by atoms with van der Waals surface area (Å²) in [5.74, 6) is -0.339. The van der Waals surface area contributed by atoms with Gasteiger partial charge in [-0.05, 0) is 55.7 Å². The van der Waals surface area contributed by atoms with Crippen LogP contribution in [0.15, 0.2) is 48.5 Å². The largest absolute Gasteiger partial charge is 0.352 e. The van der Waals surface area contributed by atoms with E-state index in [1.807, 2.05) is 30.0 Å². The SMILES string of the molecule is Cc1ccccc1C(=O)NCCC(=O)Nc1ccc(C(=O)N2CCCC2)cc1. The molecule has 0 spiro atoms. The van der Waals surface area contributed by atoms with E-state index in [1.54, 1.807) is 30.3 Å². The molecule has 0 bridgehead atoms. The first-order valence-electron chi connectivity index (χ1n) is 9.57. The number of anilines is 1. The molecule has 1 saturated heterocycles. The summed E-state index contributed by atoms with van der Waals surface area (Å²) >= 11 is 0. The minimum atomic E-state index is -0.191. The van der Waals surface area contributed by atoms with Gasteiger partial charge in [-0.15, -0.1) is 0 Å². The van der Waals surface area contributed by atoms with E-state index >= 15 is 0 Å². The van der Waals surface area contributed by atoms with Crippen LogP contribution in [0.1, 0.15) is 45.5 Å². The Morgan fingerprint density at radius 2 is 1.64 bits per heavy atom. The lowest BCUT2D eigenvalue weighted by atomic mass is 10.1. The van der Waals surface area contributed by atoms with Crippen LogP contribution in [0.5, 0.6) is 0 Å². The average Bonchev–Trinajstić information content (AvgIpc) is 3.23. The highest BCUT2D eigenvalue weighted by atomic mass is 16.2. The summed E-state index contributed by atoms with van der Waals surface area (Å²) in [6, 6.07) is 14.2. The van der Waals surface area contributed by atoms with Crippen molar-refractivity contribution in [2.75, 3.05) is 25.0 Å². The summed E-state index contributed by atoms with van der Waals surface area (Å²) in [6.45, 7) is 3.75. The summed E-state index contributed by atoms with van der Waals surface area (Å²) in [5, 5.41) is 5.55. The first-order valence-corrected chi connectivity index (χ1v) is 9.57. The lowest BCUT2D eigenvalue weighted by molar-refractivity contribution is -0.116. The number of benzene rings is 2. The minimum absolute atomic E-state index is 0.0364. The van der Waals surface area contributed by atoms with Crippen LogP contribution in [0.25, 0.3) is 0 Å². The molecule has 0 radical (unpaired) electrons. The van der Waals surface area contributed by atoms with Crippen LogP contribution in [0.2, 0.25) is 0 Å². The molecule has 6 nitrogen and oxygen atoms in total. The van der Waals surface area contributed by atoms with Crippen LogP contribution < -0.4 is 10.6 Å². The van der Waals surface area contributed by atoms with Crippen molar-refractivity contribution in [2.45, 2.75) is 26.2 Å². The second-order valence-corrected chi connectivity index (χ2v) is 6.95. The Hall–Kier alpha value is -3.15. The fourth-order valence-corrected chi connectivity index (χ4v) is 3.23. The van der Waals surface area contributed by atoms with Gasteiger partial charge in [0.15, 0.2) is 0 Å². The molecule has 2 aromatic carbocycles. The quantitative estimate of drug-likeness (QED) is 0.810. The summed E-state index contributed by atoms with van der Waals surface area (Å²) < 4.78 is 0. The Kier molecular flexibility index (Phi) is 6.42. The normalized spacial score (nSPS) is 13.2. The topological polar surface area (TPSA) is 78.5 Å². The van der Waals surface area contributed by atoms with Gasteiger partial charge in [0, 0.05) is 42.9 Å².